The number of aromatic nitrogens is 2. The van der Waals surface area contributed by atoms with Crippen LogP contribution >= 0.6 is 0 Å². The van der Waals surface area contributed by atoms with Crippen molar-refractivity contribution < 1.29 is 14.6 Å². The second kappa shape index (κ2) is 5.78. The van der Waals surface area contributed by atoms with E-state index in [4.69, 9.17) is 9.84 Å². The fourth-order valence-corrected chi connectivity index (χ4v) is 2.16. The molecule has 6 nitrogen and oxygen atoms in total. The van der Waals surface area contributed by atoms with Gasteiger partial charge >= 0.3 is 5.97 Å². The van der Waals surface area contributed by atoms with Crippen molar-refractivity contribution in [1.29, 1.82) is 0 Å². The summed E-state index contributed by atoms with van der Waals surface area (Å²) < 4.78 is 6.74. The van der Waals surface area contributed by atoms with E-state index in [1.165, 1.54) is 16.8 Å². The van der Waals surface area contributed by atoms with Crippen LogP contribution in [0.15, 0.2) is 29.3 Å². The molecule has 0 saturated carbocycles. The van der Waals surface area contributed by atoms with Crippen LogP contribution in [0.25, 0.3) is 0 Å². The van der Waals surface area contributed by atoms with Gasteiger partial charge in [-0.2, -0.15) is 0 Å². The summed E-state index contributed by atoms with van der Waals surface area (Å²) in [6.07, 6.45) is 3.15. The molecule has 0 aliphatic rings. The first-order valence-corrected chi connectivity index (χ1v) is 6.37. The monoisotopic (exact) mass is 288 g/mol. The Labute approximate surface area is 121 Å². The number of carboxylic acids is 1. The molecule has 0 aliphatic heterocycles. The molecule has 2 heterocycles. The smallest absolute Gasteiger partial charge is 0.335 e. The van der Waals surface area contributed by atoms with Crippen molar-refractivity contribution in [3.63, 3.8) is 0 Å². The maximum absolute atomic E-state index is 11.9. The van der Waals surface area contributed by atoms with Gasteiger partial charge < -0.3 is 14.4 Å². The van der Waals surface area contributed by atoms with Gasteiger partial charge in [-0.1, -0.05) is 0 Å². The normalized spacial score (nSPS) is 10.4. The number of aromatic carboxylic acids is 1. The molecule has 21 heavy (non-hydrogen) atoms. The van der Waals surface area contributed by atoms with E-state index >= 15 is 0 Å². The van der Waals surface area contributed by atoms with Crippen molar-refractivity contribution in [2.75, 3.05) is 7.11 Å². The topological polar surface area (TPSA) is 81.4 Å². The van der Waals surface area contributed by atoms with Gasteiger partial charge in [-0.25, -0.2) is 4.79 Å². The van der Waals surface area contributed by atoms with E-state index in [1.807, 2.05) is 13.8 Å². The molecular weight excluding hydrogens is 272 g/mol. The minimum atomic E-state index is -1.12. The van der Waals surface area contributed by atoms with E-state index in [-0.39, 0.29) is 17.7 Å². The van der Waals surface area contributed by atoms with E-state index < -0.39 is 5.97 Å². The third-order valence-electron chi connectivity index (χ3n) is 3.31. The lowest BCUT2D eigenvalue weighted by Crippen LogP contribution is -2.21. The van der Waals surface area contributed by atoms with Gasteiger partial charge in [-0.05, 0) is 19.9 Å². The third-order valence-corrected chi connectivity index (χ3v) is 3.31. The van der Waals surface area contributed by atoms with E-state index in [2.05, 4.69) is 4.98 Å². The highest BCUT2D eigenvalue weighted by molar-refractivity contribution is 5.87. The molecule has 0 saturated heterocycles. The number of ether oxygens (including phenoxy) is 1. The molecule has 0 radical (unpaired) electrons. The summed E-state index contributed by atoms with van der Waals surface area (Å²) in [4.78, 5) is 27.1. The summed E-state index contributed by atoms with van der Waals surface area (Å²) >= 11 is 0. The van der Waals surface area contributed by atoms with Crippen LogP contribution in [0.2, 0.25) is 0 Å². The van der Waals surface area contributed by atoms with Crippen molar-refractivity contribution in [1.82, 2.24) is 9.55 Å². The Morgan fingerprint density at radius 3 is 2.71 bits per heavy atom. The Balaban J connectivity index is 2.39. The summed E-state index contributed by atoms with van der Waals surface area (Å²) in [6, 6.07) is 2.49. The van der Waals surface area contributed by atoms with Crippen molar-refractivity contribution in [2.24, 2.45) is 0 Å². The van der Waals surface area contributed by atoms with Crippen molar-refractivity contribution in [3.05, 3.63) is 57.3 Å². The lowest BCUT2D eigenvalue weighted by Gasteiger charge is -2.13. The summed E-state index contributed by atoms with van der Waals surface area (Å²) in [6.45, 7) is 4.04. The van der Waals surface area contributed by atoms with Crippen molar-refractivity contribution in [3.8, 4) is 5.75 Å². The second-order valence-electron chi connectivity index (χ2n) is 4.73. The van der Waals surface area contributed by atoms with Gasteiger partial charge in [0.1, 0.15) is 5.75 Å². The SMILES string of the molecule is COc1c(C)cnc(Cn2ccc(C(=O)O)cc2=O)c1C. The molecule has 0 aromatic carbocycles. The summed E-state index contributed by atoms with van der Waals surface area (Å²) in [5, 5.41) is 8.86. The average Bonchev–Trinajstić information content (AvgIpc) is 2.44. The molecule has 6 heteroatoms. The van der Waals surface area contributed by atoms with Crippen LogP contribution in [-0.4, -0.2) is 27.7 Å². The molecule has 2 rings (SSSR count). The van der Waals surface area contributed by atoms with Crippen LogP contribution < -0.4 is 10.3 Å². The van der Waals surface area contributed by atoms with Gasteiger partial charge in [-0.15, -0.1) is 0 Å². The van der Waals surface area contributed by atoms with Crippen LogP contribution in [0, 0.1) is 13.8 Å². The molecule has 0 spiro atoms. The molecule has 1 N–H and O–H groups in total. The van der Waals surface area contributed by atoms with Gasteiger partial charge in [0.25, 0.3) is 5.56 Å². The zero-order valence-electron chi connectivity index (χ0n) is 12.1. The van der Waals surface area contributed by atoms with E-state index in [1.54, 1.807) is 13.3 Å². The summed E-state index contributed by atoms with van der Waals surface area (Å²) in [5.41, 5.74) is 2.10. The molecule has 2 aromatic rings. The maximum Gasteiger partial charge on any atom is 0.335 e. The Hall–Kier alpha value is -2.63. The quantitative estimate of drug-likeness (QED) is 0.924. The van der Waals surface area contributed by atoms with Crippen LogP contribution in [0.1, 0.15) is 27.2 Å². The first kappa shape index (κ1) is 14.8. The number of pyridine rings is 2. The van der Waals surface area contributed by atoms with E-state index in [0.29, 0.717) is 5.69 Å². The molecule has 0 amide bonds. The highest BCUT2D eigenvalue weighted by Crippen LogP contribution is 2.24. The number of nitrogens with zero attached hydrogens (tertiary/aromatic N) is 2. The largest absolute Gasteiger partial charge is 0.496 e. The number of carboxylic acid groups (broad SMARTS) is 1. The Kier molecular flexibility index (Phi) is 4.07. The lowest BCUT2D eigenvalue weighted by molar-refractivity contribution is 0.0696. The summed E-state index contributed by atoms with van der Waals surface area (Å²) in [7, 11) is 1.59. The van der Waals surface area contributed by atoms with Gasteiger partial charge in [0.05, 0.1) is 24.9 Å². The molecule has 0 aliphatic carbocycles. The van der Waals surface area contributed by atoms with Crippen LogP contribution in [0.4, 0.5) is 0 Å². The number of carbonyl (C=O) groups is 1. The molecule has 0 fully saturated rings. The highest BCUT2D eigenvalue weighted by Gasteiger charge is 2.11. The fraction of sp³-hybridized carbons (Fsp3) is 0.267. The average molecular weight is 288 g/mol. The lowest BCUT2D eigenvalue weighted by atomic mass is 10.1. The Morgan fingerprint density at radius 1 is 1.43 bits per heavy atom. The first-order valence-electron chi connectivity index (χ1n) is 6.37. The van der Waals surface area contributed by atoms with Gasteiger partial charge in [0, 0.05) is 29.6 Å². The third kappa shape index (κ3) is 2.94. The minimum Gasteiger partial charge on any atom is -0.496 e. The zero-order valence-corrected chi connectivity index (χ0v) is 12.1. The van der Waals surface area contributed by atoms with E-state index in [9.17, 15) is 9.59 Å². The predicted octanol–water partition coefficient (Wildman–Crippen LogP) is 1.62. The number of hydrogen-bond donors (Lipinski definition) is 1. The standard InChI is InChI=1S/C15H16N2O4/c1-9-7-16-12(10(2)14(9)21-3)8-17-5-4-11(15(19)20)6-13(17)18/h4-7H,8H2,1-3H3,(H,19,20). The van der Waals surface area contributed by atoms with Crippen molar-refractivity contribution in [2.45, 2.75) is 20.4 Å². The van der Waals surface area contributed by atoms with Crippen molar-refractivity contribution >= 4 is 5.97 Å². The van der Waals surface area contributed by atoms with Crippen LogP contribution in [0.5, 0.6) is 5.75 Å². The first-order chi connectivity index (χ1) is 9.93. The van der Waals surface area contributed by atoms with Crippen LogP contribution in [0.3, 0.4) is 0 Å². The molecule has 0 unspecified atom stereocenters. The molecule has 0 bridgehead atoms. The number of methoxy groups -OCH3 is 1. The zero-order chi connectivity index (χ0) is 15.6. The fourth-order valence-electron chi connectivity index (χ4n) is 2.16. The Bertz CT molecular complexity index is 750. The number of rotatable bonds is 4. The Morgan fingerprint density at radius 2 is 2.14 bits per heavy atom. The number of hydrogen-bond acceptors (Lipinski definition) is 4. The molecule has 0 atom stereocenters. The van der Waals surface area contributed by atoms with E-state index in [0.717, 1.165) is 22.9 Å². The summed E-state index contributed by atoms with van der Waals surface area (Å²) in [5.74, 6) is -0.374. The van der Waals surface area contributed by atoms with Gasteiger partial charge in [0.2, 0.25) is 0 Å². The molecular formula is C15H16N2O4. The second-order valence-corrected chi connectivity index (χ2v) is 4.73. The number of aryl methyl sites for hydroxylation is 1. The molecule has 2 aromatic heterocycles. The van der Waals surface area contributed by atoms with Gasteiger partial charge in [-0.3, -0.25) is 9.78 Å². The molecule has 110 valence electrons. The highest BCUT2D eigenvalue weighted by atomic mass is 16.5. The minimum absolute atomic E-state index is 0.0255. The van der Waals surface area contributed by atoms with Gasteiger partial charge in [0.15, 0.2) is 0 Å². The predicted molar refractivity (Wildman–Crippen MR) is 77.0 cm³/mol. The van der Waals surface area contributed by atoms with Crippen LogP contribution in [-0.2, 0) is 6.54 Å². The maximum atomic E-state index is 11.9.